The lowest BCUT2D eigenvalue weighted by atomic mass is 9.92. The second-order valence-electron chi connectivity index (χ2n) is 3.95. The summed E-state index contributed by atoms with van der Waals surface area (Å²) in [6.45, 7) is 5.61. The molecule has 2 unspecified atom stereocenters. The first-order valence-electron chi connectivity index (χ1n) is 4.64. The minimum absolute atomic E-state index is 0.0964. The molecule has 1 aliphatic rings. The van der Waals surface area contributed by atoms with E-state index in [1.807, 2.05) is 0 Å². The first-order valence-corrected chi connectivity index (χ1v) is 4.64. The Morgan fingerprint density at radius 1 is 1.54 bits per heavy atom. The molecule has 2 atom stereocenters. The maximum Gasteiger partial charge on any atom is 0.409 e. The molecule has 76 valence electrons. The van der Waals surface area contributed by atoms with E-state index in [-0.39, 0.29) is 12.1 Å². The van der Waals surface area contributed by atoms with Crippen molar-refractivity contribution in [2.75, 3.05) is 20.2 Å². The van der Waals surface area contributed by atoms with Crippen molar-refractivity contribution in [1.29, 1.82) is 0 Å². The van der Waals surface area contributed by atoms with Crippen LogP contribution in [0.15, 0.2) is 0 Å². The number of likely N-dealkylation sites (tertiary alicyclic amines) is 1. The zero-order valence-electron chi connectivity index (χ0n) is 8.49. The van der Waals surface area contributed by atoms with Gasteiger partial charge in [-0.2, -0.15) is 0 Å². The Hall–Kier alpha value is -0.770. The zero-order chi connectivity index (χ0) is 10.0. The van der Waals surface area contributed by atoms with Gasteiger partial charge in [-0.1, -0.05) is 13.8 Å². The standard InChI is InChI=1S/C9H18N2O2/c1-6(2)7-4-11(5-8(7)10)9(12)13-3/h6-8H,4-5,10H2,1-3H3. The Morgan fingerprint density at radius 3 is 2.54 bits per heavy atom. The lowest BCUT2D eigenvalue weighted by Gasteiger charge is -2.17. The van der Waals surface area contributed by atoms with Gasteiger partial charge in [0.25, 0.3) is 0 Å². The smallest absolute Gasteiger partial charge is 0.409 e. The normalized spacial score (nSPS) is 28.2. The van der Waals surface area contributed by atoms with Crippen LogP contribution in [-0.2, 0) is 4.74 Å². The molecule has 0 radical (unpaired) electrons. The third-order valence-corrected chi connectivity index (χ3v) is 2.70. The molecule has 0 aromatic rings. The van der Waals surface area contributed by atoms with Gasteiger partial charge in [-0.15, -0.1) is 0 Å². The minimum atomic E-state index is -0.265. The number of hydrogen-bond acceptors (Lipinski definition) is 3. The van der Waals surface area contributed by atoms with E-state index in [1.165, 1.54) is 7.11 Å². The Labute approximate surface area is 79.0 Å². The van der Waals surface area contributed by atoms with E-state index in [4.69, 9.17) is 5.73 Å². The van der Waals surface area contributed by atoms with Gasteiger partial charge in [0.05, 0.1) is 7.11 Å². The number of methoxy groups -OCH3 is 1. The van der Waals surface area contributed by atoms with E-state index in [0.717, 1.165) is 6.54 Å². The highest BCUT2D eigenvalue weighted by atomic mass is 16.5. The van der Waals surface area contributed by atoms with Gasteiger partial charge in [-0.25, -0.2) is 4.79 Å². The first-order chi connectivity index (χ1) is 6.06. The molecule has 0 saturated carbocycles. The van der Waals surface area contributed by atoms with Crippen molar-refractivity contribution in [1.82, 2.24) is 4.90 Å². The van der Waals surface area contributed by atoms with Crippen LogP contribution in [0.3, 0.4) is 0 Å². The van der Waals surface area contributed by atoms with Crippen LogP contribution >= 0.6 is 0 Å². The SMILES string of the molecule is COC(=O)N1CC(N)C(C(C)C)C1. The van der Waals surface area contributed by atoms with Crippen molar-refractivity contribution in [2.24, 2.45) is 17.6 Å². The fourth-order valence-electron chi connectivity index (χ4n) is 1.84. The van der Waals surface area contributed by atoms with Crippen molar-refractivity contribution in [2.45, 2.75) is 19.9 Å². The average Bonchev–Trinajstić information content (AvgIpc) is 2.46. The molecule has 1 fully saturated rings. The van der Waals surface area contributed by atoms with Crippen LogP contribution in [0.1, 0.15) is 13.8 Å². The Balaban J connectivity index is 2.54. The molecule has 4 heteroatoms. The fraction of sp³-hybridized carbons (Fsp3) is 0.889. The van der Waals surface area contributed by atoms with Gasteiger partial charge < -0.3 is 15.4 Å². The average molecular weight is 186 g/mol. The number of carbonyl (C=O) groups excluding carboxylic acids is 1. The molecule has 0 aromatic heterocycles. The van der Waals surface area contributed by atoms with Gasteiger partial charge in [-0.05, 0) is 11.8 Å². The zero-order valence-corrected chi connectivity index (χ0v) is 8.49. The van der Waals surface area contributed by atoms with Crippen LogP contribution in [-0.4, -0.2) is 37.2 Å². The summed E-state index contributed by atoms with van der Waals surface area (Å²) in [6, 6.07) is 0.0964. The van der Waals surface area contributed by atoms with Gasteiger partial charge in [0.15, 0.2) is 0 Å². The molecule has 1 rings (SSSR count). The summed E-state index contributed by atoms with van der Waals surface area (Å²) >= 11 is 0. The van der Waals surface area contributed by atoms with E-state index in [1.54, 1.807) is 4.90 Å². The van der Waals surface area contributed by atoms with E-state index in [2.05, 4.69) is 18.6 Å². The molecule has 1 amide bonds. The summed E-state index contributed by atoms with van der Waals surface area (Å²) in [5.74, 6) is 0.920. The third-order valence-electron chi connectivity index (χ3n) is 2.70. The Morgan fingerprint density at radius 2 is 2.15 bits per heavy atom. The molecule has 0 spiro atoms. The van der Waals surface area contributed by atoms with E-state index >= 15 is 0 Å². The summed E-state index contributed by atoms with van der Waals surface area (Å²) in [6.07, 6.45) is -0.265. The minimum Gasteiger partial charge on any atom is -0.453 e. The van der Waals surface area contributed by atoms with Crippen LogP contribution in [0.4, 0.5) is 4.79 Å². The number of carbonyl (C=O) groups is 1. The number of nitrogens with zero attached hydrogens (tertiary/aromatic N) is 1. The van der Waals surface area contributed by atoms with Crippen molar-refractivity contribution in [3.8, 4) is 0 Å². The molecule has 1 heterocycles. The number of ether oxygens (including phenoxy) is 1. The number of nitrogens with two attached hydrogens (primary N) is 1. The van der Waals surface area contributed by atoms with Gasteiger partial charge in [0.2, 0.25) is 0 Å². The second kappa shape index (κ2) is 3.96. The van der Waals surface area contributed by atoms with Gasteiger partial charge in [0.1, 0.15) is 0 Å². The predicted molar refractivity (Wildman–Crippen MR) is 50.3 cm³/mol. The Kier molecular flexibility index (Phi) is 3.14. The van der Waals surface area contributed by atoms with E-state index in [9.17, 15) is 4.79 Å². The summed E-state index contributed by atoms with van der Waals surface area (Å²) < 4.78 is 4.64. The molecular formula is C9H18N2O2. The summed E-state index contributed by atoms with van der Waals surface area (Å²) in [5, 5.41) is 0. The van der Waals surface area contributed by atoms with Crippen molar-refractivity contribution in [3.05, 3.63) is 0 Å². The first kappa shape index (κ1) is 10.3. The molecule has 2 N–H and O–H groups in total. The highest BCUT2D eigenvalue weighted by Crippen LogP contribution is 2.23. The lowest BCUT2D eigenvalue weighted by Crippen LogP contribution is -2.33. The monoisotopic (exact) mass is 186 g/mol. The van der Waals surface area contributed by atoms with Crippen molar-refractivity contribution in [3.63, 3.8) is 0 Å². The summed E-state index contributed by atoms with van der Waals surface area (Å²) in [7, 11) is 1.40. The second-order valence-corrected chi connectivity index (χ2v) is 3.95. The van der Waals surface area contributed by atoms with E-state index in [0.29, 0.717) is 18.4 Å². The predicted octanol–water partition coefficient (Wildman–Crippen LogP) is 0.668. The molecule has 0 aromatic carbocycles. The largest absolute Gasteiger partial charge is 0.453 e. The fourth-order valence-corrected chi connectivity index (χ4v) is 1.84. The maximum absolute atomic E-state index is 11.2. The van der Waals surface area contributed by atoms with E-state index < -0.39 is 0 Å². The van der Waals surface area contributed by atoms with Gasteiger partial charge >= 0.3 is 6.09 Å². The quantitative estimate of drug-likeness (QED) is 0.654. The molecule has 0 bridgehead atoms. The lowest BCUT2D eigenvalue weighted by molar-refractivity contribution is 0.130. The van der Waals surface area contributed by atoms with Gasteiger partial charge in [-0.3, -0.25) is 0 Å². The van der Waals surface area contributed by atoms with Crippen LogP contribution in [0.25, 0.3) is 0 Å². The topological polar surface area (TPSA) is 55.6 Å². The molecular weight excluding hydrogens is 168 g/mol. The highest BCUT2D eigenvalue weighted by Gasteiger charge is 2.34. The molecule has 13 heavy (non-hydrogen) atoms. The molecule has 1 saturated heterocycles. The number of hydrogen-bond donors (Lipinski definition) is 1. The van der Waals surface area contributed by atoms with Gasteiger partial charge in [0, 0.05) is 19.1 Å². The van der Waals surface area contributed by atoms with Crippen molar-refractivity contribution < 1.29 is 9.53 Å². The van der Waals surface area contributed by atoms with Crippen LogP contribution < -0.4 is 5.73 Å². The third kappa shape index (κ3) is 2.12. The summed E-state index contributed by atoms with van der Waals surface area (Å²) in [4.78, 5) is 12.9. The van der Waals surface area contributed by atoms with Crippen LogP contribution in [0.5, 0.6) is 0 Å². The van der Waals surface area contributed by atoms with Crippen LogP contribution in [0.2, 0.25) is 0 Å². The van der Waals surface area contributed by atoms with Crippen LogP contribution in [0, 0.1) is 11.8 Å². The number of amides is 1. The van der Waals surface area contributed by atoms with Crippen molar-refractivity contribution >= 4 is 6.09 Å². The summed E-state index contributed by atoms with van der Waals surface area (Å²) in [5.41, 5.74) is 5.91. The molecule has 1 aliphatic heterocycles. The molecule has 4 nitrogen and oxygen atoms in total. The Bertz CT molecular complexity index is 194. The highest BCUT2D eigenvalue weighted by molar-refractivity contribution is 5.67. The number of rotatable bonds is 1. The maximum atomic E-state index is 11.2. The molecule has 0 aliphatic carbocycles.